The SMILES string of the molecule is COc1ccc(C(C)n2cncc2C=O)cc1. The van der Waals surface area contributed by atoms with Crippen molar-refractivity contribution in [2.45, 2.75) is 13.0 Å². The molecule has 2 rings (SSSR count). The van der Waals surface area contributed by atoms with Crippen molar-refractivity contribution < 1.29 is 9.53 Å². The van der Waals surface area contributed by atoms with E-state index >= 15 is 0 Å². The number of benzene rings is 1. The van der Waals surface area contributed by atoms with Crippen LogP contribution in [0.5, 0.6) is 5.75 Å². The van der Waals surface area contributed by atoms with Gasteiger partial charge in [-0.1, -0.05) is 12.1 Å². The molecular formula is C13H14N2O2. The highest BCUT2D eigenvalue weighted by atomic mass is 16.5. The lowest BCUT2D eigenvalue weighted by Gasteiger charge is -2.15. The zero-order valence-corrected chi connectivity index (χ0v) is 9.83. The van der Waals surface area contributed by atoms with E-state index in [-0.39, 0.29) is 6.04 Å². The highest BCUT2D eigenvalue weighted by Crippen LogP contribution is 2.21. The fourth-order valence-electron chi connectivity index (χ4n) is 1.77. The summed E-state index contributed by atoms with van der Waals surface area (Å²) in [4.78, 5) is 14.8. The molecule has 0 bridgehead atoms. The van der Waals surface area contributed by atoms with Crippen LogP contribution in [-0.4, -0.2) is 22.9 Å². The second-order valence-corrected chi connectivity index (χ2v) is 3.79. The van der Waals surface area contributed by atoms with Gasteiger partial charge in [0, 0.05) is 0 Å². The molecule has 4 heteroatoms. The fraction of sp³-hybridized carbons (Fsp3) is 0.231. The van der Waals surface area contributed by atoms with Crippen LogP contribution in [-0.2, 0) is 0 Å². The standard InChI is InChI=1S/C13H14N2O2/c1-10(15-9-14-7-12(15)8-16)11-3-5-13(17-2)6-4-11/h3-10H,1-2H3. The van der Waals surface area contributed by atoms with Crippen molar-refractivity contribution in [1.82, 2.24) is 9.55 Å². The Morgan fingerprint density at radius 1 is 1.35 bits per heavy atom. The molecule has 4 nitrogen and oxygen atoms in total. The smallest absolute Gasteiger partial charge is 0.168 e. The molecule has 1 atom stereocenters. The minimum atomic E-state index is 0.0728. The first kappa shape index (κ1) is 11.4. The number of ether oxygens (including phenoxy) is 1. The van der Waals surface area contributed by atoms with Crippen molar-refractivity contribution in [3.63, 3.8) is 0 Å². The number of hydrogen-bond donors (Lipinski definition) is 0. The molecule has 88 valence electrons. The van der Waals surface area contributed by atoms with Gasteiger partial charge in [0.25, 0.3) is 0 Å². The lowest BCUT2D eigenvalue weighted by molar-refractivity contribution is 0.111. The number of hydrogen-bond acceptors (Lipinski definition) is 3. The molecule has 0 saturated heterocycles. The first-order valence-corrected chi connectivity index (χ1v) is 5.37. The summed E-state index contributed by atoms with van der Waals surface area (Å²) in [6.45, 7) is 2.02. The molecule has 2 aromatic rings. The molecule has 17 heavy (non-hydrogen) atoms. The predicted molar refractivity (Wildman–Crippen MR) is 64.4 cm³/mol. The summed E-state index contributed by atoms with van der Waals surface area (Å²) in [6, 6.07) is 7.85. The highest BCUT2D eigenvalue weighted by molar-refractivity contribution is 5.71. The van der Waals surface area contributed by atoms with Gasteiger partial charge in [-0.3, -0.25) is 4.79 Å². The van der Waals surface area contributed by atoms with Gasteiger partial charge in [0.1, 0.15) is 11.4 Å². The lowest BCUT2D eigenvalue weighted by Crippen LogP contribution is -2.08. The van der Waals surface area contributed by atoms with Gasteiger partial charge in [-0.25, -0.2) is 4.98 Å². The Bertz CT molecular complexity index is 502. The number of aromatic nitrogens is 2. The van der Waals surface area contributed by atoms with Gasteiger partial charge in [-0.15, -0.1) is 0 Å². The third-order valence-corrected chi connectivity index (χ3v) is 2.83. The van der Waals surface area contributed by atoms with E-state index in [1.807, 2.05) is 35.8 Å². The molecule has 1 unspecified atom stereocenters. The Labute approximate surface area is 99.9 Å². The predicted octanol–water partition coefficient (Wildman–Crippen LogP) is 2.31. The first-order valence-electron chi connectivity index (χ1n) is 5.37. The fourth-order valence-corrected chi connectivity index (χ4v) is 1.77. The van der Waals surface area contributed by atoms with Crippen LogP contribution < -0.4 is 4.74 Å². The highest BCUT2D eigenvalue weighted by Gasteiger charge is 2.11. The van der Waals surface area contributed by atoms with E-state index in [4.69, 9.17) is 4.74 Å². The Hall–Kier alpha value is -2.10. The summed E-state index contributed by atoms with van der Waals surface area (Å²) in [5.41, 5.74) is 1.68. The first-order chi connectivity index (χ1) is 8.26. The van der Waals surface area contributed by atoms with Crippen LogP contribution in [0.3, 0.4) is 0 Å². The molecule has 0 saturated carbocycles. The van der Waals surface area contributed by atoms with E-state index in [1.165, 1.54) is 0 Å². The zero-order chi connectivity index (χ0) is 12.3. The minimum absolute atomic E-state index is 0.0728. The van der Waals surface area contributed by atoms with Gasteiger partial charge in [0.2, 0.25) is 0 Å². The van der Waals surface area contributed by atoms with Gasteiger partial charge < -0.3 is 9.30 Å². The molecule has 0 aliphatic carbocycles. The number of carbonyl (C=O) groups is 1. The number of carbonyl (C=O) groups excluding carboxylic acids is 1. The molecule has 1 aromatic carbocycles. The Kier molecular flexibility index (Phi) is 3.23. The van der Waals surface area contributed by atoms with Gasteiger partial charge in [-0.05, 0) is 24.6 Å². The van der Waals surface area contributed by atoms with E-state index in [0.29, 0.717) is 5.69 Å². The van der Waals surface area contributed by atoms with Crippen LogP contribution in [0.4, 0.5) is 0 Å². The molecule has 0 amide bonds. The number of imidazole rings is 1. The summed E-state index contributed by atoms with van der Waals surface area (Å²) in [7, 11) is 1.64. The summed E-state index contributed by atoms with van der Waals surface area (Å²) < 4.78 is 6.95. The molecule has 0 N–H and O–H groups in total. The molecule has 1 heterocycles. The number of aldehydes is 1. The topological polar surface area (TPSA) is 44.1 Å². The molecule has 1 aromatic heterocycles. The van der Waals surface area contributed by atoms with Crippen LogP contribution >= 0.6 is 0 Å². The normalized spacial score (nSPS) is 12.1. The monoisotopic (exact) mass is 230 g/mol. The third kappa shape index (κ3) is 2.20. The largest absolute Gasteiger partial charge is 0.497 e. The van der Waals surface area contributed by atoms with E-state index in [2.05, 4.69) is 4.98 Å². The summed E-state index contributed by atoms with van der Waals surface area (Å²) >= 11 is 0. The van der Waals surface area contributed by atoms with E-state index in [1.54, 1.807) is 19.6 Å². The molecule has 0 radical (unpaired) electrons. The van der Waals surface area contributed by atoms with Crippen molar-refractivity contribution in [1.29, 1.82) is 0 Å². The van der Waals surface area contributed by atoms with Crippen LogP contribution in [0.15, 0.2) is 36.8 Å². The zero-order valence-electron chi connectivity index (χ0n) is 9.83. The number of methoxy groups -OCH3 is 1. The second kappa shape index (κ2) is 4.82. The average Bonchev–Trinajstić information content (AvgIpc) is 2.86. The Balaban J connectivity index is 2.30. The summed E-state index contributed by atoms with van der Waals surface area (Å²) in [5.74, 6) is 0.821. The van der Waals surface area contributed by atoms with Gasteiger partial charge in [0.05, 0.1) is 25.7 Å². The van der Waals surface area contributed by atoms with Crippen molar-refractivity contribution in [3.05, 3.63) is 48.0 Å². The maximum atomic E-state index is 10.8. The number of rotatable bonds is 4. The maximum absolute atomic E-state index is 10.8. The van der Waals surface area contributed by atoms with Gasteiger partial charge in [-0.2, -0.15) is 0 Å². The van der Waals surface area contributed by atoms with Gasteiger partial charge in [0.15, 0.2) is 6.29 Å². The third-order valence-electron chi connectivity index (χ3n) is 2.83. The molecular weight excluding hydrogens is 216 g/mol. The quantitative estimate of drug-likeness (QED) is 0.757. The van der Waals surface area contributed by atoms with E-state index in [9.17, 15) is 4.79 Å². The average molecular weight is 230 g/mol. The van der Waals surface area contributed by atoms with Crippen molar-refractivity contribution in [3.8, 4) is 5.75 Å². The Morgan fingerprint density at radius 3 is 2.65 bits per heavy atom. The van der Waals surface area contributed by atoms with Crippen LogP contribution in [0.1, 0.15) is 29.0 Å². The minimum Gasteiger partial charge on any atom is -0.497 e. The van der Waals surface area contributed by atoms with Crippen molar-refractivity contribution in [2.24, 2.45) is 0 Å². The van der Waals surface area contributed by atoms with Crippen molar-refractivity contribution >= 4 is 6.29 Å². The van der Waals surface area contributed by atoms with E-state index in [0.717, 1.165) is 17.6 Å². The molecule has 0 fully saturated rings. The van der Waals surface area contributed by atoms with Crippen LogP contribution in [0, 0.1) is 0 Å². The number of nitrogens with zero attached hydrogens (tertiary/aromatic N) is 2. The Morgan fingerprint density at radius 2 is 2.06 bits per heavy atom. The summed E-state index contributed by atoms with van der Waals surface area (Å²) in [5, 5.41) is 0. The van der Waals surface area contributed by atoms with Crippen LogP contribution in [0.25, 0.3) is 0 Å². The maximum Gasteiger partial charge on any atom is 0.168 e. The lowest BCUT2D eigenvalue weighted by atomic mass is 10.1. The van der Waals surface area contributed by atoms with E-state index < -0.39 is 0 Å². The van der Waals surface area contributed by atoms with Gasteiger partial charge >= 0.3 is 0 Å². The van der Waals surface area contributed by atoms with Crippen molar-refractivity contribution in [2.75, 3.05) is 7.11 Å². The molecule has 0 aliphatic heterocycles. The van der Waals surface area contributed by atoms with Crippen LogP contribution in [0.2, 0.25) is 0 Å². The second-order valence-electron chi connectivity index (χ2n) is 3.79. The summed E-state index contributed by atoms with van der Waals surface area (Å²) in [6.07, 6.45) is 4.04. The molecule has 0 spiro atoms. The molecule has 0 aliphatic rings.